The van der Waals surface area contributed by atoms with Gasteiger partial charge in [-0.25, -0.2) is 0 Å². The third-order valence-corrected chi connectivity index (χ3v) is 2.80. The van der Waals surface area contributed by atoms with Gasteiger partial charge < -0.3 is 4.90 Å². The Kier molecular flexibility index (Phi) is 4.90. The second-order valence-corrected chi connectivity index (χ2v) is 4.59. The SMILES string of the molecule is CN(Cc1cc(Cl)cc(Cl)c1)C(=O)CBr. The Morgan fingerprint density at radius 1 is 1.33 bits per heavy atom. The summed E-state index contributed by atoms with van der Waals surface area (Å²) in [7, 11) is 1.73. The predicted molar refractivity (Wildman–Crippen MR) is 66.7 cm³/mol. The fraction of sp³-hybridized carbons (Fsp3) is 0.300. The molecule has 1 rings (SSSR count). The van der Waals surface area contributed by atoms with E-state index in [4.69, 9.17) is 23.2 Å². The number of alkyl halides is 1. The van der Waals surface area contributed by atoms with Gasteiger partial charge in [-0.05, 0) is 23.8 Å². The second kappa shape index (κ2) is 5.73. The molecule has 1 aromatic rings. The van der Waals surface area contributed by atoms with Gasteiger partial charge in [-0.15, -0.1) is 0 Å². The lowest BCUT2D eigenvalue weighted by Gasteiger charge is -2.16. The van der Waals surface area contributed by atoms with Gasteiger partial charge in [0.15, 0.2) is 0 Å². The molecule has 0 fully saturated rings. The summed E-state index contributed by atoms with van der Waals surface area (Å²) in [4.78, 5) is 12.9. The molecule has 1 aromatic carbocycles. The van der Waals surface area contributed by atoms with Gasteiger partial charge in [0.05, 0.1) is 5.33 Å². The third-order valence-electron chi connectivity index (χ3n) is 1.88. The van der Waals surface area contributed by atoms with Crippen LogP contribution in [0.25, 0.3) is 0 Å². The smallest absolute Gasteiger partial charge is 0.233 e. The first-order chi connectivity index (χ1) is 7.02. The van der Waals surface area contributed by atoms with Crippen molar-refractivity contribution in [1.82, 2.24) is 4.90 Å². The van der Waals surface area contributed by atoms with Gasteiger partial charge in [-0.2, -0.15) is 0 Å². The summed E-state index contributed by atoms with van der Waals surface area (Å²) in [6.45, 7) is 0.505. The summed E-state index contributed by atoms with van der Waals surface area (Å²) in [5.74, 6) is 0.0195. The number of rotatable bonds is 3. The molecule has 0 atom stereocenters. The van der Waals surface area contributed by atoms with Crippen molar-refractivity contribution in [3.05, 3.63) is 33.8 Å². The molecule has 1 amide bonds. The maximum absolute atomic E-state index is 11.3. The predicted octanol–water partition coefficient (Wildman–Crippen LogP) is 3.35. The Morgan fingerprint density at radius 2 is 1.87 bits per heavy atom. The maximum Gasteiger partial charge on any atom is 0.233 e. The van der Waals surface area contributed by atoms with E-state index in [-0.39, 0.29) is 5.91 Å². The molecule has 0 aromatic heterocycles. The number of amides is 1. The first kappa shape index (κ1) is 12.8. The lowest BCUT2D eigenvalue weighted by molar-refractivity contribution is -0.127. The first-order valence-electron chi connectivity index (χ1n) is 4.28. The zero-order chi connectivity index (χ0) is 11.4. The lowest BCUT2D eigenvalue weighted by atomic mass is 10.2. The minimum Gasteiger partial charge on any atom is -0.341 e. The summed E-state index contributed by atoms with van der Waals surface area (Å²) in [5, 5.41) is 1.48. The molecule has 0 aliphatic carbocycles. The molecule has 0 saturated heterocycles. The molecular weight excluding hydrogens is 301 g/mol. The molecule has 0 aliphatic rings. The van der Waals surface area contributed by atoms with Gasteiger partial charge in [0.25, 0.3) is 0 Å². The topological polar surface area (TPSA) is 20.3 Å². The van der Waals surface area contributed by atoms with E-state index in [1.54, 1.807) is 30.1 Å². The van der Waals surface area contributed by atoms with Crippen LogP contribution < -0.4 is 0 Å². The number of nitrogens with zero attached hydrogens (tertiary/aromatic N) is 1. The second-order valence-electron chi connectivity index (χ2n) is 3.16. The zero-order valence-corrected chi connectivity index (χ0v) is 11.2. The number of benzene rings is 1. The Bertz CT molecular complexity index is 350. The van der Waals surface area contributed by atoms with Crippen molar-refractivity contribution in [1.29, 1.82) is 0 Å². The molecule has 0 aliphatic heterocycles. The van der Waals surface area contributed by atoms with E-state index in [2.05, 4.69) is 15.9 Å². The Hall–Kier alpha value is -0.250. The fourth-order valence-corrected chi connectivity index (χ4v) is 2.17. The van der Waals surface area contributed by atoms with Crippen LogP contribution in [0.4, 0.5) is 0 Å². The van der Waals surface area contributed by atoms with Crippen molar-refractivity contribution in [3.63, 3.8) is 0 Å². The van der Waals surface area contributed by atoms with Crippen LogP contribution in [0.2, 0.25) is 10.0 Å². The highest BCUT2D eigenvalue weighted by molar-refractivity contribution is 9.09. The molecule has 0 N–H and O–H groups in total. The summed E-state index contributed by atoms with van der Waals surface area (Å²) in [6.07, 6.45) is 0. The molecule has 0 heterocycles. The minimum absolute atomic E-state index is 0.0195. The van der Waals surface area contributed by atoms with Gasteiger partial charge in [-0.1, -0.05) is 39.1 Å². The maximum atomic E-state index is 11.3. The van der Waals surface area contributed by atoms with Crippen LogP contribution in [0.3, 0.4) is 0 Å². The third kappa shape index (κ3) is 4.01. The van der Waals surface area contributed by atoms with Crippen LogP contribution in [0.5, 0.6) is 0 Å². The average molecular weight is 311 g/mol. The normalized spacial score (nSPS) is 10.1. The van der Waals surface area contributed by atoms with E-state index in [9.17, 15) is 4.79 Å². The van der Waals surface area contributed by atoms with Crippen molar-refractivity contribution in [3.8, 4) is 0 Å². The molecule has 0 saturated carbocycles. The largest absolute Gasteiger partial charge is 0.341 e. The number of carbonyl (C=O) groups is 1. The zero-order valence-electron chi connectivity index (χ0n) is 8.14. The highest BCUT2D eigenvalue weighted by Crippen LogP contribution is 2.19. The van der Waals surface area contributed by atoms with Gasteiger partial charge in [0.2, 0.25) is 5.91 Å². The van der Waals surface area contributed by atoms with Gasteiger partial charge in [-0.3, -0.25) is 4.79 Å². The number of hydrogen-bond donors (Lipinski definition) is 0. The van der Waals surface area contributed by atoms with Crippen LogP contribution >= 0.6 is 39.1 Å². The molecule has 2 nitrogen and oxygen atoms in total. The number of hydrogen-bond acceptors (Lipinski definition) is 1. The van der Waals surface area contributed by atoms with Crippen LogP contribution in [0.15, 0.2) is 18.2 Å². The van der Waals surface area contributed by atoms with Crippen molar-refractivity contribution in [2.24, 2.45) is 0 Å². The quantitative estimate of drug-likeness (QED) is 0.784. The van der Waals surface area contributed by atoms with Crippen LogP contribution in [0, 0.1) is 0 Å². The van der Waals surface area contributed by atoms with Crippen molar-refractivity contribution in [2.75, 3.05) is 12.4 Å². The summed E-state index contributed by atoms with van der Waals surface area (Å²) in [5.41, 5.74) is 0.921. The number of carbonyl (C=O) groups excluding carboxylic acids is 1. The number of halogens is 3. The van der Waals surface area contributed by atoms with Gasteiger partial charge in [0, 0.05) is 23.6 Å². The van der Waals surface area contributed by atoms with Crippen molar-refractivity contribution < 1.29 is 4.79 Å². The Labute approximate surface area is 107 Å². The van der Waals surface area contributed by atoms with E-state index in [1.807, 2.05) is 0 Å². The van der Waals surface area contributed by atoms with Crippen LogP contribution in [-0.4, -0.2) is 23.2 Å². The van der Waals surface area contributed by atoms with Crippen molar-refractivity contribution >= 4 is 45.0 Å². The minimum atomic E-state index is 0.0195. The standard InChI is InChI=1S/C10H10BrCl2NO/c1-14(10(15)5-11)6-7-2-8(12)4-9(13)3-7/h2-4H,5-6H2,1H3. The van der Waals surface area contributed by atoms with Crippen LogP contribution in [-0.2, 0) is 11.3 Å². The molecule has 82 valence electrons. The summed E-state index contributed by atoms with van der Waals surface area (Å²) < 4.78 is 0. The lowest BCUT2D eigenvalue weighted by Crippen LogP contribution is -2.26. The monoisotopic (exact) mass is 309 g/mol. The summed E-state index contributed by atoms with van der Waals surface area (Å²) in [6, 6.07) is 5.26. The average Bonchev–Trinajstić information content (AvgIpc) is 2.14. The van der Waals surface area contributed by atoms with Gasteiger partial charge in [0.1, 0.15) is 0 Å². The van der Waals surface area contributed by atoms with E-state index >= 15 is 0 Å². The summed E-state index contributed by atoms with van der Waals surface area (Å²) >= 11 is 14.8. The molecule has 0 unspecified atom stereocenters. The molecule has 0 bridgehead atoms. The molecule has 0 radical (unpaired) electrons. The van der Waals surface area contributed by atoms with E-state index in [0.717, 1.165) is 5.56 Å². The molecule has 15 heavy (non-hydrogen) atoms. The van der Waals surface area contributed by atoms with E-state index in [1.165, 1.54) is 0 Å². The molecule has 5 heteroatoms. The molecular formula is C10H10BrCl2NO. The fourth-order valence-electron chi connectivity index (χ4n) is 1.17. The molecule has 0 spiro atoms. The van der Waals surface area contributed by atoms with E-state index < -0.39 is 0 Å². The van der Waals surface area contributed by atoms with Gasteiger partial charge >= 0.3 is 0 Å². The highest BCUT2D eigenvalue weighted by atomic mass is 79.9. The first-order valence-corrected chi connectivity index (χ1v) is 6.15. The Morgan fingerprint density at radius 3 is 2.33 bits per heavy atom. The van der Waals surface area contributed by atoms with E-state index in [0.29, 0.717) is 21.9 Å². The van der Waals surface area contributed by atoms with Crippen LogP contribution in [0.1, 0.15) is 5.56 Å². The van der Waals surface area contributed by atoms with Crippen molar-refractivity contribution in [2.45, 2.75) is 6.54 Å². The highest BCUT2D eigenvalue weighted by Gasteiger charge is 2.08. The Balaban J connectivity index is 2.76.